The first-order valence-corrected chi connectivity index (χ1v) is 19.4. The summed E-state index contributed by atoms with van der Waals surface area (Å²) in [5.74, 6) is 1.93. The molecule has 2 N–H and O–H groups in total. The third-order valence-corrected chi connectivity index (χ3v) is 11.4. The van der Waals surface area contributed by atoms with Crippen LogP contribution in [0.4, 0.5) is 17.1 Å². The normalized spacial score (nSPS) is 18.3. The van der Waals surface area contributed by atoms with Crippen LogP contribution >= 0.6 is 0 Å². The van der Waals surface area contributed by atoms with E-state index in [2.05, 4.69) is 204 Å². The summed E-state index contributed by atoms with van der Waals surface area (Å²) < 4.78 is 2.42. The average Bonchev–Trinajstić information content (AvgIpc) is 3.78. The summed E-state index contributed by atoms with van der Waals surface area (Å²) in [6, 6.07) is 61.2. The van der Waals surface area contributed by atoms with Crippen molar-refractivity contribution in [2.75, 3.05) is 0 Å². The monoisotopic (exact) mass is 720 g/mol. The van der Waals surface area contributed by atoms with Gasteiger partial charge in [-0.2, -0.15) is 0 Å². The van der Waals surface area contributed by atoms with Crippen molar-refractivity contribution in [3.8, 4) is 27.9 Å². The molecule has 0 spiro atoms. The first-order valence-electron chi connectivity index (χ1n) is 19.4. The lowest BCUT2D eigenvalue weighted by Gasteiger charge is -2.26. The van der Waals surface area contributed by atoms with Gasteiger partial charge in [0, 0.05) is 51.2 Å². The molecule has 11 rings (SSSR count). The Morgan fingerprint density at radius 1 is 0.554 bits per heavy atom. The van der Waals surface area contributed by atoms with E-state index in [1.165, 1.54) is 66.0 Å². The van der Waals surface area contributed by atoms with E-state index in [9.17, 15) is 0 Å². The standard InChI is InChI=1S/C51H37N5/c1-4-15-34(16-5-1)35-27-29-37(30-28-35)50-52-49(36-17-6-2-7-18-36)53-51(54-50)38-19-14-22-40(31-38)56-46-26-13-11-24-42(46)44-32-43-41-23-10-12-25-45(41)55(47(43)33-48(44)56)39-20-8-3-9-21-39/h1-17,19-33,36,51H,18H2,(H,52,53,54)/p+1. The molecule has 0 amide bonds. The highest BCUT2D eigenvalue weighted by Gasteiger charge is 2.34. The van der Waals surface area contributed by atoms with E-state index >= 15 is 0 Å². The predicted octanol–water partition coefficient (Wildman–Crippen LogP) is 11.2. The van der Waals surface area contributed by atoms with Crippen LogP contribution in [-0.2, 0) is 0 Å². The van der Waals surface area contributed by atoms with Gasteiger partial charge in [0.2, 0.25) is 0 Å². The quantitative estimate of drug-likeness (QED) is 0.176. The van der Waals surface area contributed by atoms with Crippen molar-refractivity contribution in [3.63, 3.8) is 0 Å². The molecule has 266 valence electrons. The number of para-hydroxylation sites is 3. The van der Waals surface area contributed by atoms with Crippen LogP contribution in [0.15, 0.2) is 204 Å². The number of quaternary nitrogens is 1. The molecule has 3 atom stereocenters. The molecule has 0 radical (unpaired) electrons. The Kier molecular flexibility index (Phi) is 7.71. The molecule has 5 nitrogen and oxygen atoms in total. The van der Waals surface area contributed by atoms with Crippen molar-refractivity contribution in [2.24, 2.45) is 15.9 Å². The number of nitrogens with one attached hydrogen (secondary N) is 2. The van der Waals surface area contributed by atoms with Crippen LogP contribution in [0.1, 0.15) is 23.7 Å². The molecular formula is C51H38N5+. The van der Waals surface area contributed by atoms with E-state index in [0.29, 0.717) is 0 Å². The molecule has 8 aromatic rings. The zero-order valence-electron chi connectivity index (χ0n) is 30.7. The van der Waals surface area contributed by atoms with Gasteiger partial charge in [0.25, 0.3) is 0 Å². The van der Waals surface area contributed by atoms with Gasteiger partial charge in [-0.15, -0.1) is 0 Å². The number of aliphatic imine (C=N–C) groups is 2. The SMILES string of the molecule is C1=CCC(C2=NC(c3cccc(-n4c5ccccc5c5cc6c(cc54)[NH+](c4ccccc4)c4ccccc4-6)c3)N=C(c3ccc(-c4ccccc4)cc3)N2)C=C1. The van der Waals surface area contributed by atoms with Gasteiger partial charge in [-0.05, 0) is 60.0 Å². The van der Waals surface area contributed by atoms with E-state index in [0.717, 1.165) is 34.9 Å². The molecule has 56 heavy (non-hydrogen) atoms. The lowest BCUT2D eigenvalue weighted by atomic mass is 9.98. The molecular weight excluding hydrogens is 683 g/mol. The van der Waals surface area contributed by atoms with E-state index in [-0.39, 0.29) is 5.92 Å². The minimum Gasteiger partial charge on any atom is -0.328 e. The van der Waals surface area contributed by atoms with Crippen molar-refractivity contribution >= 4 is 50.5 Å². The molecule has 5 heteroatoms. The summed E-state index contributed by atoms with van der Waals surface area (Å²) in [6.45, 7) is 0. The molecule has 3 aliphatic rings. The molecule has 3 unspecified atom stereocenters. The third-order valence-electron chi connectivity index (χ3n) is 11.4. The van der Waals surface area contributed by atoms with Crippen LogP contribution in [-0.4, -0.2) is 16.2 Å². The fourth-order valence-electron chi connectivity index (χ4n) is 8.73. The van der Waals surface area contributed by atoms with E-state index in [1.54, 1.807) is 0 Å². The van der Waals surface area contributed by atoms with Crippen molar-refractivity contribution in [1.82, 2.24) is 9.88 Å². The number of rotatable bonds is 6. The summed E-state index contributed by atoms with van der Waals surface area (Å²) >= 11 is 0. The van der Waals surface area contributed by atoms with Gasteiger partial charge in [-0.3, -0.25) is 0 Å². The number of benzene rings is 7. The Bertz CT molecular complexity index is 2920. The van der Waals surface area contributed by atoms with Crippen molar-refractivity contribution in [3.05, 3.63) is 205 Å². The number of hydrogen-bond donors (Lipinski definition) is 2. The summed E-state index contributed by atoms with van der Waals surface area (Å²) in [6.07, 6.45) is 9.16. The van der Waals surface area contributed by atoms with Crippen LogP contribution in [0.25, 0.3) is 49.7 Å². The lowest BCUT2D eigenvalue weighted by molar-refractivity contribution is -0.677. The molecule has 1 aliphatic carbocycles. The minimum atomic E-state index is -0.404. The largest absolute Gasteiger partial charge is 0.328 e. The highest BCUT2D eigenvalue weighted by atomic mass is 15.2. The highest BCUT2D eigenvalue weighted by molar-refractivity contribution is 6.13. The van der Waals surface area contributed by atoms with Gasteiger partial charge >= 0.3 is 0 Å². The lowest BCUT2D eigenvalue weighted by Crippen LogP contribution is -2.95. The Hall–Kier alpha value is -7.08. The zero-order chi connectivity index (χ0) is 37.0. The maximum Gasteiger partial charge on any atom is 0.169 e. The summed E-state index contributed by atoms with van der Waals surface area (Å²) in [7, 11) is 0. The number of nitrogens with zero attached hydrogens (tertiary/aromatic N) is 3. The zero-order valence-corrected chi connectivity index (χ0v) is 30.7. The predicted molar refractivity (Wildman–Crippen MR) is 231 cm³/mol. The molecule has 0 saturated carbocycles. The summed E-state index contributed by atoms with van der Waals surface area (Å²) in [5, 5.41) is 6.12. The Labute approximate surface area is 325 Å². The molecule has 3 heterocycles. The van der Waals surface area contributed by atoms with Gasteiger partial charge < -0.3 is 9.88 Å². The fourth-order valence-corrected chi connectivity index (χ4v) is 8.73. The van der Waals surface area contributed by atoms with E-state index in [1.807, 2.05) is 0 Å². The summed E-state index contributed by atoms with van der Waals surface area (Å²) in [4.78, 5) is 11.9. The maximum absolute atomic E-state index is 5.30. The Morgan fingerprint density at radius 2 is 1.30 bits per heavy atom. The second-order valence-electron chi connectivity index (χ2n) is 14.7. The number of allylic oxidation sites excluding steroid dienone is 3. The van der Waals surface area contributed by atoms with E-state index < -0.39 is 6.17 Å². The highest BCUT2D eigenvalue weighted by Crippen LogP contribution is 2.44. The molecule has 0 bridgehead atoms. The van der Waals surface area contributed by atoms with Gasteiger partial charge in [0.1, 0.15) is 23.0 Å². The van der Waals surface area contributed by atoms with Crippen LogP contribution in [0.2, 0.25) is 0 Å². The Morgan fingerprint density at radius 3 is 2.14 bits per heavy atom. The number of fused-ring (bicyclic) bond motifs is 6. The van der Waals surface area contributed by atoms with Gasteiger partial charge in [0.05, 0.1) is 16.6 Å². The molecule has 1 aromatic heterocycles. The van der Waals surface area contributed by atoms with Gasteiger partial charge in [-0.25, -0.2) is 14.9 Å². The first kappa shape index (κ1) is 32.4. The van der Waals surface area contributed by atoms with Crippen LogP contribution in [0.5, 0.6) is 0 Å². The molecule has 7 aromatic carbocycles. The van der Waals surface area contributed by atoms with Crippen LogP contribution in [0, 0.1) is 5.92 Å². The number of hydrogen-bond acceptors (Lipinski definition) is 3. The molecule has 2 aliphatic heterocycles. The third kappa shape index (κ3) is 5.44. The van der Waals surface area contributed by atoms with Crippen LogP contribution in [0.3, 0.4) is 0 Å². The van der Waals surface area contributed by atoms with Crippen LogP contribution < -0.4 is 10.2 Å². The first-order chi connectivity index (χ1) is 27.8. The smallest absolute Gasteiger partial charge is 0.169 e. The number of aromatic nitrogens is 1. The van der Waals surface area contributed by atoms with Crippen molar-refractivity contribution < 1.29 is 4.90 Å². The van der Waals surface area contributed by atoms with Crippen molar-refractivity contribution in [2.45, 2.75) is 12.6 Å². The summed E-state index contributed by atoms with van der Waals surface area (Å²) in [5.41, 5.74) is 14.3. The average molecular weight is 721 g/mol. The molecule has 0 fully saturated rings. The molecule has 0 saturated heterocycles. The minimum absolute atomic E-state index is 0.151. The van der Waals surface area contributed by atoms with Gasteiger partial charge in [0.15, 0.2) is 11.9 Å². The second kappa shape index (κ2) is 13.3. The maximum atomic E-state index is 5.30. The topological polar surface area (TPSA) is 46.1 Å². The van der Waals surface area contributed by atoms with Crippen molar-refractivity contribution in [1.29, 1.82) is 0 Å². The van der Waals surface area contributed by atoms with E-state index in [4.69, 9.17) is 9.98 Å². The Balaban J connectivity index is 1.04. The second-order valence-corrected chi connectivity index (χ2v) is 14.7. The van der Waals surface area contributed by atoms with Gasteiger partial charge in [-0.1, -0.05) is 140 Å². The fraction of sp³-hybridized carbons (Fsp3) is 0.0588. The number of amidine groups is 2.